The van der Waals surface area contributed by atoms with Gasteiger partial charge in [0.1, 0.15) is 23.4 Å². The van der Waals surface area contributed by atoms with Crippen molar-refractivity contribution in [2.24, 2.45) is 5.92 Å². The van der Waals surface area contributed by atoms with E-state index in [-0.39, 0.29) is 34.1 Å². The number of rotatable bonds is 11. The van der Waals surface area contributed by atoms with Crippen LogP contribution in [0.25, 0.3) is 11.2 Å². The summed E-state index contributed by atoms with van der Waals surface area (Å²) in [6.07, 6.45) is 5.84. The number of benzene rings is 2. The highest BCUT2D eigenvalue weighted by atomic mass is 32.2. The van der Waals surface area contributed by atoms with Crippen LogP contribution in [0, 0.1) is 5.92 Å². The zero-order valence-corrected chi connectivity index (χ0v) is 23.9. The van der Waals surface area contributed by atoms with Gasteiger partial charge < -0.3 is 9.72 Å². The third-order valence-corrected chi connectivity index (χ3v) is 9.01. The van der Waals surface area contributed by atoms with Crippen molar-refractivity contribution in [2.45, 2.75) is 68.9 Å². The van der Waals surface area contributed by atoms with Gasteiger partial charge in [-0.1, -0.05) is 62.7 Å². The van der Waals surface area contributed by atoms with Crippen LogP contribution >= 0.6 is 0 Å². The van der Waals surface area contributed by atoms with Gasteiger partial charge in [0.05, 0.1) is 6.33 Å². The van der Waals surface area contributed by atoms with E-state index in [4.69, 9.17) is 4.74 Å². The van der Waals surface area contributed by atoms with Crippen molar-refractivity contribution < 1.29 is 22.7 Å². The molecule has 3 atom stereocenters. The van der Waals surface area contributed by atoms with Crippen molar-refractivity contribution in [3.8, 4) is 0 Å². The van der Waals surface area contributed by atoms with E-state index in [0.717, 1.165) is 18.3 Å². The first-order valence-corrected chi connectivity index (χ1v) is 15.3. The summed E-state index contributed by atoms with van der Waals surface area (Å²) in [5.41, 5.74) is 1.70. The number of nitrogens with one attached hydrogen (secondary N) is 2. The fraction of sp³-hybridized carbons (Fsp3) is 0.367. The van der Waals surface area contributed by atoms with E-state index >= 15 is 0 Å². The molecule has 1 saturated heterocycles. The number of fused-ring (bicyclic) bond motifs is 1. The Labute approximate surface area is 239 Å². The summed E-state index contributed by atoms with van der Waals surface area (Å²) >= 11 is 0. The first-order valence-electron chi connectivity index (χ1n) is 13.8. The molecule has 0 aliphatic carbocycles. The van der Waals surface area contributed by atoms with Gasteiger partial charge in [-0.3, -0.25) is 14.3 Å². The zero-order chi connectivity index (χ0) is 29.0. The topological polar surface area (TPSA) is 144 Å². The molecule has 11 heteroatoms. The van der Waals surface area contributed by atoms with Crippen molar-refractivity contribution in [3.63, 3.8) is 0 Å². The minimum absolute atomic E-state index is 0.136. The third-order valence-electron chi connectivity index (χ3n) is 7.68. The van der Waals surface area contributed by atoms with Gasteiger partial charge in [0.25, 0.3) is 10.0 Å². The average Bonchev–Trinajstić information content (AvgIpc) is 3.44. The molecule has 2 aromatic heterocycles. The number of aromatic nitrogens is 4. The van der Waals surface area contributed by atoms with Crippen molar-refractivity contribution in [1.29, 1.82) is 0 Å². The van der Waals surface area contributed by atoms with E-state index in [1.54, 1.807) is 24.3 Å². The molecule has 10 nitrogen and oxygen atoms in total. The van der Waals surface area contributed by atoms with Crippen LogP contribution in [-0.2, 0) is 30.8 Å². The van der Waals surface area contributed by atoms with Gasteiger partial charge in [-0.05, 0) is 48.9 Å². The van der Waals surface area contributed by atoms with E-state index in [9.17, 15) is 18.0 Å². The van der Waals surface area contributed by atoms with Crippen molar-refractivity contribution in [2.75, 3.05) is 4.72 Å². The first kappa shape index (κ1) is 28.4. The molecule has 2 aromatic carbocycles. The highest BCUT2D eigenvalue weighted by Crippen LogP contribution is 2.41. The number of anilines is 1. The molecular weight excluding hydrogens is 542 g/mol. The molecule has 0 amide bonds. The first-order chi connectivity index (χ1) is 19.7. The second-order valence-corrected chi connectivity index (χ2v) is 12.1. The Morgan fingerprint density at radius 3 is 2.59 bits per heavy atom. The normalized spacial score (nSPS) is 20.1. The van der Waals surface area contributed by atoms with Crippen molar-refractivity contribution >= 4 is 38.6 Å². The predicted octanol–water partition coefficient (Wildman–Crippen LogP) is 4.95. The van der Waals surface area contributed by atoms with Gasteiger partial charge in [0, 0.05) is 18.0 Å². The maximum atomic E-state index is 13.6. The number of Topliss-reactive ketones (excluding diaryl/α,β-unsaturated/α-hetero) is 1. The molecule has 4 aromatic rings. The number of carbonyl (C=O) groups excluding carboxylic acids is 2. The molecule has 0 saturated carbocycles. The number of carbonyl (C=O) groups is 2. The highest BCUT2D eigenvalue weighted by molar-refractivity contribution is 7.92. The number of hydrogen-bond donors (Lipinski definition) is 2. The Kier molecular flexibility index (Phi) is 8.16. The summed E-state index contributed by atoms with van der Waals surface area (Å²) in [5.74, 6) is -2.07. The van der Waals surface area contributed by atoms with Crippen LogP contribution in [-0.4, -0.2) is 45.7 Å². The molecule has 0 bridgehead atoms. The van der Waals surface area contributed by atoms with E-state index in [1.165, 1.54) is 6.33 Å². The lowest BCUT2D eigenvalue weighted by atomic mass is 9.74. The lowest BCUT2D eigenvalue weighted by Gasteiger charge is -2.40. The van der Waals surface area contributed by atoms with Crippen LogP contribution in [0.4, 0.5) is 5.69 Å². The van der Waals surface area contributed by atoms with Gasteiger partial charge in [0.2, 0.25) is 5.03 Å². The fourth-order valence-corrected chi connectivity index (χ4v) is 6.92. The molecule has 1 aliphatic heterocycles. The number of hydrogen-bond acceptors (Lipinski definition) is 8. The smallest absolute Gasteiger partial charge is 0.317 e. The minimum atomic E-state index is -4.09. The third kappa shape index (κ3) is 6.00. The van der Waals surface area contributed by atoms with E-state index in [1.807, 2.05) is 44.2 Å². The molecule has 214 valence electrons. The molecule has 3 heterocycles. The summed E-state index contributed by atoms with van der Waals surface area (Å²) in [6.45, 7) is 3.93. The van der Waals surface area contributed by atoms with E-state index < -0.39 is 33.4 Å². The number of ketones is 1. The van der Waals surface area contributed by atoms with Gasteiger partial charge in [0.15, 0.2) is 11.4 Å². The Morgan fingerprint density at radius 2 is 1.85 bits per heavy atom. The number of sulfonamides is 1. The predicted molar refractivity (Wildman–Crippen MR) is 154 cm³/mol. The number of H-pyrrole nitrogens is 1. The lowest BCUT2D eigenvalue weighted by molar-refractivity contribution is -0.180. The standard InChI is InChI=1S/C30H33N5O5S/c1-3-14-30(15-13-20-9-6-5-7-10-20)17-24(36)25(29(37)40-30)23(4-2)21-11-8-12-22(16-21)35-41(38,39)28-26-27(32-18-31-26)33-19-34-28/h5-12,16,18-19,23,25,35H,3-4,13-15,17H2,1-2H3,(H,31,32,33,34). The molecular formula is C30H33N5O5S. The maximum absolute atomic E-state index is 13.6. The SMILES string of the molecule is CCCC1(CCc2ccccc2)CC(=O)C(C(CC)c2cccc(NS(=O)(=O)c3ncnc4nc[nH]c34)c2)C(=O)O1. The van der Waals surface area contributed by atoms with Crippen molar-refractivity contribution in [1.82, 2.24) is 19.9 Å². The van der Waals surface area contributed by atoms with Crippen molar-refractivity contribution in [3.05, 3.63) is 78.4 Å². The minimum Gasteiger partial charge on any atom is -0.458 e. The molecule has 5 rings (SSSR count). The summed E-state index contributed by atoms with van der Waals surface area (Å²) in [6, 6.07) is 16.7. The van der Waals surface area contributed by atoms with Crippen LogP contribution in [0.5, 0.6) is 0 Å². The second-order valence-electron chi connectivity index (χ2n) is 10.5. The van der Waals surface area contributed by atoms with Crippen LogP contribution in [0.3, 0.4) is 0 Å². The Hall–Kier alpha value is -4.12. The van der Waals surface area contributed by atoms with E-state index in [0.29, 0.717) is 31.2 Å². The van der Waals surface area contributed by atoms with E-state index in [2.05, 4.69) is 24.7 Å². The van der Waals surface area contributed by atoms with Gasteiger partial charge in [-0.25, -0.2) is 15.0 Å². The number of ether oxygens (including phenoxy) is 1. The summed E-state index contributed by atoms with van der Waals surface area (Å²) in [4.78, 5) is 41.8. The van der Waals surface area contributed by atoms with Crippen LogP contribution in [0.1, 0.15) is 63.0 Å². The molecule has 1 fully saturated rings. The Balaban J connectivity index is 1.36. The largest absolute Gasteiger partial charge is 0.458 e. The molecule has 2 N–H and O–H groups in total. The lowest BCUT2D eigenvalue weighted by Crippen LogP contribution is -2.49. The Morgan fingerprint density at radius 1 is 1.05 bits per heavy atom. The van der Waals surface area contributed by atoms with Gasteiger partial charge in [-0.2, -0.15) is 8.42 Å². The summed E-state index contributed by atoms with van der Waals surface area (Å²) in [5, 5.41) is -0.230. The number of esters is 1. The monoisotopic (exact) mass is 575 g/mol. The number of cyclic esters (lactones) is 1. The molecule has 41 heavy (non-hydrogen) atoms. The fourth-order valence-electron chi connectivity index (χ4n) is 5.78. The molecule has 1 aliphatic rings. The van der Waals surface area contributed by atoms with Crippen LogP contribution in [0.15, 0.2) is 72.3 Å². The Bertz CT molecular complexity index is 1640. The second kappa shape index (κ2) is 11.8. The quantitative estimate of drug-likeness (QED) is 0.145. The molecule has 0 radical (unpaired) electrons. The average molecular weight is 576 g/mol. The summed E-state index contributed by atoms with van der Waals surface area (Å²) in [7, 11) is -4.09. The summed E-state index contributed by atoms with van der Waals surface area (Å²) < 4.78 is 35.1. The van der Waals surface area contributed by atoms with Crippen LogP contribution in [0.2, 0.25) is 0 Å². The van der Waals surface area contributed by atoms with Gasteiger partial charge in [-0.15, -0.1) is 0 Å². The maximum Gasteiger partial charge on any atom is 0.317 e. The number of imidazole rings is 1. The number of aromatic amines is 1. The van der Waals surface area contributed by atoms with Crippen LogP contribution < -0.4 is 4.72 Å². The molecule has 0 spiro atoms. The van der Waals surface area contributed by atoms with Gasteiger partial charge >= 0.3 is 5.97 Å². The number of nitrogens with zero attached hydrogens (tertiary/aromatic N) is 3. The highest BCUT2D eigenvalue weighted by Gasteiger charge is 2.48. The number of aryl methyl sites for hydroxylation is 1. The zero-order valence-electron chi connectivity index (χ0n) is 23.0. The molecule has 3 unspecified atom stereocenters.